The second-order valence-electron chi connectivity index (χ2n) is 6.55. The molecule has 0 bridgehead atoms. The summed E-state index contributed by atoms with van der Waals surface area (Å²) in [6.07, 6.45) is 5.09. The molecule has 1 aromatic rings. The number of carbonyl (C=O) groups excluding carboxylic acids is 3. The van der Waals surface area contributed by atoms with E-state index in [1.807, 2.05) is 42.8 Å². The van der Waals surface area contributed by atoms with Crippen LogP contribution in [0.5, 0.6) is 0 Å². The van der Waals surface area contributed by atoms with E-state index in [0.29, 0.717) is 24.3 Å². The Balaban J connectivity index is 2.96. The fraction of sp³-hybridized carbons (Fsp3) is 0.500. The van der Waals surface area contributed by atoms with E-state index in [-0.39, 0.29) is 12.8 Å². The largest absolute Gasteiger partial charge is 0.480 e. The van der Waals surface area contributed by atoms with Crippen molar-refractivity contribution in [3.05, 3.63) is 35.9 Å². The van der Waals surface area contributed by atoms with Gasteiger partial charge in [-0.15, -0.1) is 0 Å². The van der Waals surface area contributed by atoms with Crippen molar-refractivity contribution in [3.8, 4) is 0 Å². The number of thioether (sulfide) groups is 2. The zero-order chi connectivity index (χ0) is 22.4. The van der Waals surface area contributed by atoms with Crippen LogP contribution >= 0.6 is 23.5 Å². The van der Waals surface area contributed by atoms with Gasteiger partial charge in [-0.05, 0) is 42.4 Å². The number of benzene rings is 1. The van der Waals surface area contributed by atoms with E-state index >= 15 is 0 Å². The average Bonchev–Trinajstić information content (AvgIpc) is 2.73. The smallest absolute Gasteiger partial charge is 0.326 e. The minimum absolute atomic E-state index is 0.198. The van der Waals surface area contributed by atoms with Gasteiger partial charge >= 0.3 is 5.97 Å². The van der Waals surface area contributed by atoms with Crippen LogP contribution in [0.3, 0.4) is 0 Å². The molecule has 0 saturated carbocycles. The first-order valence-corrected chi connectivity index (χ1v) is 12.3. The summed E-state index contributed by atoms with van der Waals surface area (Å²) < 4.78 is 0. The summed E-state index contributed by atoms with van der Waals surface area (Å²) in [6, 6.07) is 6.34. The molecule has 0 saturated heterocycles. The van der Waals surface area contributed by atoms with Gasteiger partial charge in [0, 0.05) is 6.42 Å². The van der Waals surface area contributed by atoms with Crippen LogP contribution in [0.25, 0.3) is 0 Å². The SMILES string of the molecule is CSCCC(NC(=O)C(Cc1ccccc1)NC(=O)C(CCSC)NC=O)C(=O)O. The lowest BCUT2D eigenvalue weighted by Crippen LogP contribution is -2.56. The lowest BCUT2D eigenvalue weighted by Gasteiger charge is -2.24. The number of nitrogens with one attached hydrogen (secondary N) is 3. The number of amides is 3. The maximum absolute atomic E-state index is 12.9. The summed E-state index contributed by atoms with van der Waals surface area (Å²) in [5.41, 5.74) is 0.818. The monoisotopic (exact) mass is 455 g/mol. The lowest BCUT2D eigenvalue weighted by molar-refractivity contribution is -0.142. The van der Waals surface area contributed by atoms with E-state index < -0.39 is 35.9 Å². The van der Waals surface area contributed by atoms with Gasteiger partial charge in [0.15, 0.2) is 0 Å². The summed E-state index contributed by atoms with van der Waals surface area (Å²) in [7, 11) is 0. The van der Waals surface area contributed by atoms with Crippen LogP contribution in [-0.2, 0) is 25.6 Å². The Kier molecular flexibility index (Phi) is 12.7. The van der Waals surface area contributed by atoms with Crippen LogP contribution in [0.4, 0.5) is 0 Å². The molecule has 3 unspecified atom stereocenters. The van der Waals surface area contributed by atoms with Gasteiger partial charge in [0.1, 0.15) is 18.1 Å². The van der Waals surface area contributed by atoms with Crippen LogP contribution in [0.2, 0.25) is 0 Å². The van der Waals surface area contributed by atoms with Crippen molar-refractivity contribution < 1.29 is 24.3 Å². The molecule has 1 rings (SSSR count). The van der Waals surface area contributed by atoms with Crippen LogP contribution in [0.1, 0.15) is 18.4 Å². The first-order valence-electron chi connectivity index (χ1n) is 9.48. The Labute approximate surface area is 185 Å². The molecule has 0 fully saturated rings. The van der Waals surface area contributed by atoms with E-state index in [1.54, 1.807) is 0 Å². The van der Waals surface area contributed by atoms with Crippen molar-refractivity contribution in [1.82, 2.24) is 16.0 Å². The predicted octanol–water partition coefficient (Wildman–Crippen LogP) is 0.904. The highest BCUT2D eigenvalue weighted by atomic mass is 32.2. The third-order valence-corrected chi connectivity index (χ3v) is 5.63. The third kappa shape index (κ3) is 9.53. The van der Waals surface area contributed by atoms with E-state index in [9.17, 15) is 24.3 Å². The molecule has 3 atom stereocenters. The molecule has 10 heteroatoms. The van der Waals surface area contributed by atoms with Crippen molar-refractivity contribution in [1.29, 1.82) is 0 Å². The van der Waals surface area contributed by atoms with Crippen LogP contribution in [0.15, 0.2) is 30.3 Å². The predicted molar refractivity (Wildman–Crippen MR) is 121 cm³/mol. The Morgan fingerprint density at radius 2 is 1.47 bits per heavy atom. The van der Waals surface area contributed by atoms with Crippen molar-refractivity contribution in [2.45, 2.75) is 37.4 Å². The molecule has 4 N–H and O–H groups in total. The maximum Gasteiger partial charge on any atom is 0.326 e. The Hall–Kier alpha value is -2.20. The second-order valence-corrected chi connectivity index (χ2v) is 8.52. The van der Waals surface area contributed by atoms with Gasteiger partial charge in [-0.2, -0.15) is 23.5 Å². The highest BCUT2D eigenvalue weighted by Crippen LogP contribution is 2.07. The summed E-state index contributed by atoms with van der Waals surface area (Å²) in [4.78, 5) is 47.9. The number of hydrogen-bond acceptors (Lipinski definition) is 6. The second kappa shape index (κ2) is 14.7. The van der Waals surface area contributed by atoms with E-state index in [1.165, 1.54) is 23.5 Å². The standard InChI is InChI=1S/C20H29N3O5S2/c1-29-10-8-15(21-13-24)18(25)23-17(12-14-6-4-3-5-7-14)19(26)22-16(20(27)28)9-11-30-2/h3-7,13,15-17H,8-12H2,1-2H3,(H,21,24)(H,22,26)(H,23,25)(H,27,28). The molecular formula is C20H29N3O5S2. The van der Waals surface area contributed by atoms with Gasteiger partial charge in [-0.3, -0.25) is 14.4 Å². The number of carboxylic acid groups (broad SMARTS) is 1. The van der Waals surface area contributed by atoms with Crippen LogP contribution in [0, 0.1) is 0 Å². The zero-order valence-corrected chi connectivity index (χ0v) is 18.8. The van der Waals surface area contributed by atoms with Crippen LogP contribution < -0.4 is 16.0 Å². The summed E-state index contributed by atoms with van der Waals surface area (Å²) in [6.45, 7) is 0. The van der Waals surface area contributed by atoms with Crippen molar-refractivity contribution in [2.24, 2.45) is 0 Å². The van der Waals surface area contributed by atoms with Gasteiger partial charge in [-0.25, -0.2) is 4.79 Å². The highest BCUT2D eigenvalue weighted by molar-refractivity contribution is 7.98. The molecule has 3 amide bonds. The Morgan fingerprint density at radius 1 is 0.933 bits per heavy atom. The molecule has 30 heavy (non-hydrogen) atoms. The fourth-order valence-corrected chi connectivity index (χ4v) is 3.65. The zero-order valence-electron chi connectivity index (χ0n) is 17.1. The normalized spacial score (nSPS) is 13.5. The molecule has 0 aliphatic carbocycles. The van der Waals surface area contributed by atoms with Gasteiger partial charge < -0.3 is 21.1 Å². The van der Waals surface area contributed by atoms with E-state index in [2.05, 4.69) is 16.0 Å². The Morgan fingerprint density at radius 3 is 2.00 bits per heavy atom. The molecule has 8 nitrogen and oxygen atoms in total. The quantitative estimate of drug-likeness (QED) is 0.290. The van der Waals surface area contributed by atoms with E-state index in [4.69, 9.17) is 0 Å². The first kappa shape index (κ1) is 25.8. The topological polar surface area (TPSA) is 125 Å². The van der Waals surface area contributed by atoms with E-state index in [0.717, 1.165) is 5.56 Å². The number of carbonyl (C=O) groups is 4. The molecule has 1 aromatic carbocycles. The molecule has 0 aliphatic rings. The minimum atomic E-state index is -1.12. The van der Waals surface area contributed by atoms with Crippen LogP contribution in [-0.4, -0.2) is 71.4 Å². The number of aliphatic carboxylic acids is 1. The summed E-state index contributed by atoms with van der Waals surface area (Å²) >= 11 is 3.02. The van der Waals surface area contributed by atoms with Gasteiger partial charge in [0.2, 0.25) is 18.2 Å². The molecule has 0 heterocycles. The van der Waals surface area contributed by atoms with Gasteiger partial charge in [0.05, 0.1) is 0 Å². The van der Waals surface area contributed by atoms with Gasteiger partial charge in [0.25, 0.3) is 0 Å². The molecule has 0 radical (unpaired) electrons. The highest BCUT2D eigenvalue weighted by Gasteiger charge is 2.28. The molecule has 0 spiro atoms. The first-order chi connectivity index (χ1) is 14.4. The van der Waals surface area contributed by atoms with Crippen molar-refractivity contribution in [3.63, 3.8) is 0 Å². The summed E-state index contributed by atoms with van der Waals surface area (Å²) in [5, 5.41) is 17.1. The molecule has 166 valence electrons. The molecular weight excluding hydrogens is 426 g/mol. The van der Waals surface area contributed by atoms with Gasteiger partial charge in [-0.1, -0.05) is 30.3 Å². The molecule has 0 aliphatic heterocycles. The minimum Gasteiger partial charge on any atom is -0.480 e. The third-order valence-electron chi connectivity index (χ3n) is 4.34. The summed E-state index contributed by atoms with van der Waals surface area (Å²) in [5.74, 6) is -0.946. The van der Waals surface area contributed by atoms with Crippen molar-refractivity contribution >= 4 is 47.7 Å². The number of hydrogen-bond donors (Lipinski definition) is 4. The average molecular weight is 456 g/mol. The number of carboxylic acids is 1. The van der Waals surface area contributed by atoms with Crippen molar-refractivity contribution in [2.75, 3.05) is 24.0 Å². The number of rotatable bonds is 15. The fourth-order valence-electron chi connectivity index (χ4n) is 2.70. The Bertz CT molecular complexity index is 690. The maximum atomic E-state index is 12.9. The molecule has 0 aromatic heterocycles. The lowest BCUT2D eigenvalue weighted by atomic mass is 10.0.